The SMILES string of the molecule is COc1c(Br)cc(C2CCCN2)c(O)c1F. The Balaban J connectivity index is 2.46. The van der Waals surface area contributed by atoms with E-state index in [1.54, 1.807) is 6.07 Å². The number of halogens is 2. The standard InChI is InChI=1S/C11H13BrFNO2/c1-16-11-7(12)5-6(10(15)9(11)13)8-3-2-4-14-8/h5,8,14-15H,2-4H2,1H3. The van der Waals surface area contributed by atoms with E-state index in [0.717, 1.165) is 19.4 Å². The van der Waals surface area contributed by atoms with Gasteiger partial charge in [-0.1, -0.05) is 0 Å². The highest BCUT2D eigenvalue weighted by molar-refractivity contribution is 9.10. The molecule has 0 aromatic heterocycles. The molecule has 2 rings (SSSR count). The Morgan fingerprint density at radius 1 is 1.62 bits per heavy atom. The molecule has 0 aliphatic carbocycles. The number of methoxy groups -OCH3 is 1. The van der Waals surface area contributed by atoms with Gasteiger partial charge in [-0.3, -0.25) is 0 Å². The van der Waals surface area contributed by atoms with Crippen LogP contribution in [0.2, 0.25) is 0 Å². The van der Waals surface area contributed by atoms with Crippen LogP contribution in [0.25, 0.3) is 0 Å². The molecule has 1 unspecified atom stereocenters. The second kappa shape index (κ2) is 4.59. The van der Waals surface area contributed by atoms with Crippen LogP contribution in [-0.2, 0) is 0 Å². The molecule has 5 heteroatoms. The van der Waals surface area contributed by atoms with Gasteiger partial charge in [-0.15, -0.1) is 0 Å². The lowest BCUT2D eigenvalue weighted by Gasteiger charge is -2.15. The molecule has 88 valence electrons. The Kier molecular flexibility index (Phi) is 3.35. The van der Waals surface area contributed by atoms with Gasteiger partial charge in [0.15, 0.2) is 11.5 Å². The number of phenols is 1. The minimum atomic E-state index is -0.708. The molecule has 1 fully saturated rings. The first kappa shape index (κ1) is 11.7. The van der Waals surface area contributed by atoms with Crippen LogP contribution >= 0.6 is 15.9 Å². The molecule has 1 heterocycles. The van der Waals surface area contributed by atoms with Gasteiger partial charge in [-0.05, 0) is 41.4 Å². The van der Waals surface area contributed by atoms with Crippen molar-refractivity contribution in [2.24, 2.45) is 0 Å². The molecule has 1 aliphatic rings. The molecule has 0 radical (unpaired) electrons. The number of aromatic hydroxyl groups is 1. The van der Waals surface area contributed by atoms with Crippen molar-refractivity contribution < 1.29 is 14.2 Å². The molecule has 0 bridgehead atoms. The minimum Gasteiger partial charge on any atom is -0.504 e. The van der Waals surface area contributed by atoms with E-state index in [1.807, 2.05) is 0 Å². The maximum Gasteiger partial charge on any atom is 0.208 e. The van der Waals surface area contributed by atoms with E-state index < -0.39 is 5.82 Å². The number of ether oxygens (including phenoxy) is 1. The van der Waals surface area contributed by atoms with Crippen LogP contribution in [-0.4, -0.2) is 18.8 Å². The molecular weight excluding hydrogens is 277 g/mol. The van der Waals surface area contributed by atoms with Crippen LogP contribution in [0.1, 0.15) is 24.4 Å². The van der Waals surface area contributed by atoms with Gasteiger partial charge in [0.2, 0.25) is 5.82 Å². The van der Waals surface area contributed by atoms with Crippen molar-refractivity contribution in [3.63, 3.8) is 0 Å². The number of benzene rings is 1. The minimum absolute atomic E-state index is 0.0247. The third-order valence-corrected chi connectivity index (χ3v) is 3.41. The van der Waals surface area contributed by atoms with Gasteiger partial charge in [0, 0.05) is 11.6 Å². The predicted molar refractivity (Wildman–Crippen MR) is 62.3 cm³/mol. The highest BCUT2D eigenvalue weighted by Crippen LogP contribution is 2.40. The van der Waals surface area contributed by atoms with Gasteiger partial charge >= 0.3 is 0 Å². The molecule has 1 aromatic rings. The second-order valence-electron chi connectivity index (χ2n) is 3.79. The second-order valence-corrected chi connectivity index (χ2v) is 4.65. The highest BCUT2D eigenvalue weighted by Gasteiger charge is 2.24. The Bertz CT molecular complexity index is 405. The maximum absolute atomic E-state index is 13.7. The van der Waals surface area contributed by atoms with E-state index in [2.05, 4.69) is 21.2 Å². The monoisotopic (exact) mass is 289 g/mol. The van der Waals surface area contributed by atoms with Crippen molar-refractivity contribution in [3.05, 3.63) is 21.9 Å². The quantitative estimate of drug-likeness (QED) is 0.880. The van der Waals surface area contributed by atoms with E-state index in [9.17, 15) is 9.50 Å². The molecule has 1 aliphatic heterocycles. The van der Waals surface area contributed by atoms with Crippen molar-refractivity contribution in [1.82, 2.24) is 5.32 Å². The zero-order valence-corrected chi connectivity index (χ0v) is 10.5. The van der Waals surface area contributed by atoms with Crippen molar-refractivity contribution in [1.29, 1.82) is 0 Å². The summed E-state index contributed by atoms with van der Waals surface area (Å²) in [5, 5.41) is 13.0. The first-order chi connectivity index (χ1) is 7.65. The normalized spacial score (nSPS) is 20.1. The molecule has 1 atom stereocenters. The zero-order chi connectivity index (χ0) is 11.7. The summed E-state index contributed by atoms with van der Waals surface area (Å²) in [6, 6.07) is 1.73. The molecule has 1 aromatic carbocycles. The fraction of sp³-hybridized carbons (Fsp3) is 0.455. The lowest BCUT2D eigenvalue weighted by molar-refractivity contribution is 0.357. The van der Waals surface area contributed by atoms with Gasteiger partial charge in [0.1, 0.15) is 0 Å². The molecule has 2 N–H and O–H groups in total. The Morgan fingerprint density at radius 3 is 2.94 bits per heavy atom. The summed E-state index contributed by atoms with van der Waals surface area (Å²) < 4.78 is 19.1. The van der Waals surface area contributed by atoms with Gasteiger partial charge in [-0.25, -0.2) is 0 Å². The summed E-state index contributed by atoms with van der Waals surface area (Å²) in [6.45, 7) is 0.898. The van der Waals surface area contributed by atoms with E-state index in [-0.39, 0.29) is 17.5 Å². The van der Waals surface area contributed by atoms with Crippen LogP contribution < -0.4 is 10.1 Å². The number of phenolic OH excluding ortho intramolecular Hbond substituents is 1. The fourth-order valence-electron chi connectivity index (χ4n) is 2.01. The topological polar surface area (TPSA) is 41.5 Å². The van der Waals surface area contributed by atoms with E-state index in [1.165, 1.54) is 7.11 Å². The molecule has 0 spiro atoms. The summed E-state index contributed by atoms with van der Waals surface area (Å²) in [4.78, 5) is 0. The van der Waals surface area contributed by atoms with Crippen molar-refractivity contribution >= 4 is 15.9 Å². The molecule has 3 nitrogen and oxygen atoms in total. The first-order valence-electron chi connectivity index (χ1n) is 5.13. The summed E-state index contributed by atoms with van der Waals surface area (Å²) in [5.41, 5.74) is 0.586. The smallest absolute Gasteiger partial charge is 0.208 e. The largest absolute Gasteiger partial charge is 0.504 e. The summed E-state index contributed by atoms with van der Waals surface area (Å²) in [6.07, 6.45) is 1.95. The predicted octanol–water partition coefficient (Wildman–Crippen LogP) is 2.73. The van der Waals surface area contributed by atoms with Crippen molar-refractivity contribution in [2.75, 3.05) is 13.7 Å². The number of hydrogen-bond donors (Lipinski definition) is 2. The average molecular weight is 290 g/mol. The van der Waals surface area contributed by atoms with E-state index in [0.29, 0.717) is 10.0 Å². The molecule has 0 amide bonds. The average Bonchev–Trinajstić information content (AvgIpc) is 2.77. The molecular formula is C11H13BrFNO2. The van der Waals surface area contributed by atoms with Crippen LogP contribution in [0.3, 0.4) is 0 Å². The highest BCUT2D eigenvalue weighted by atomic mass is 79.9. The number of nitrogens with one attached hydrogen (secondary N) is 1. The number of hydrogen-bond acceptors (Lipinski definition) is 3. The summed E-state index contributed by atoms with van der Waals surface area (Å²) in [5.74, 6) is -0.987. The fourth-order valence-corrected chi connectivity index (χ4v) is 2.59. The lowest BCUT2D eigenvalue weighted by atomic mass is 10.0. The van der Waals surface area contributed by atoms with Crippen LogP contribution in [0.5, 0.6) is 11.5 Å². The van der Waals surface area contributed by atoms with Gasteiger partial charge in [0.05, 0.1) is 11.6 Å². The molecule has 0 saturated carbocycles. The zero-order valence-electron chi connectivity index (χ0n) is 8.89. The van der Waals surface area contributed by atoms with Gasteiger partial charge in [0.25, 0.3) is 0 Å². The van der Waals surface area contributed by atoms with Crippen molar-refractivity contribution in [2.45, 2.75) is 18.9 Å². The lowest BCUT2D eigenvalue weighted by Crippen LogP contribution is -2.13. The van der Waals surface area contributed by atoms with Crippen LogP contribution in [0.4, 0.5) is 4.39 Å². The van der Waals surface area contributed by atoms with Crippen LogP contribution in [0.15, 0.2) is 10.5 Å². The van der Waals surface area contributed by atoms with Crippen LogP contribution in [0, 0.1) is 5.82 Å². The summed E-state index contributed by atoms with van der Waals surface area (Å²) in [7, 11) is 1.37. The first-order valence-corrected chi connectivity index (χ1v) is 5.92. The van der Waals surface area contributed by atoms with E-state index in [4.69, 9.17) is 4.74 Å². The maximum atomic E-state index is 13.7. The van der Waals surface area contributed by atoms with Crippen molar-refractivity contribution in [3.8, 4) is 11.5 Å². The molecule has 16 heavy (non-hydrogen) atoms. The Hall–Kier alpha value is -0.810. The molecule has 1 saturated heterocycles. The summed E-state index contributed by atoms with van der Waals surface area (Å²) >= 11 is 3.24. The third-order valence-electron chi connectivity index (χ3n) is 2.82. The number of rotatable bonds is 2. The van der Waals surface area contributed by atoms with E-state index >= 15 is 0 Å². The van der Waals surface area contributed by atoms with Gasteiger partial charge < -0.3 is 15.2 Å². The Morgan fingerprint density at radius 2 is 2.38 bits per heavy atom. The van der Waals surface area contributed by atoms with Gasteiger partial charge in [-0.2, -0.15) is 4.39 Å². The Labute approximate surface area is 102 Å². The third kappa shape index (κ3) is 1.89.